The smallest absolute Gasteiger partial charge is 0.149 e. The van der Waals surface area contributed by atoms with Crippen LogP contribution in [0.3, 0.4) is 0 Å². The molecule has 1 atom stereocenters. The topological polar surface area (TPSA) is 92.2 Å². The zero-order valence-corrected chi connectivity index (χ0v) is 13.1. The lowest BCUT2D eigenvalue weighted by molar-refractivity contribution is -2.00. The van der Waals surface area contributed by atoms with Gasteiger partial charge < -0.3 is 4.48 Å². The molecule has 3 rings (SSSR count). The molecule has 21 heavy (non-hydrogen) atoms. The van der Waals surface area contributed by atoms with Crippen molar-refractivity contribution in [1.29, 1.82) is 0 Å². The summed E-state index contributed by atoms with van der Waals surface area (Å²) in [6.45, 7) is 2.66. The summed E-state index contributed by atoms with van der Waals surface area (Å²) < 4.78 is 35.3. The highest BCUT2D eigenvalue weighted by atomic mass is 35.7. The van der Waals surface area contributed by atoms with Crippen molar-refractivity contribution >= 4 is 0 Å². The number of hydrogen-bond acceptors (Lipinski definition) is 4. The van der Waals surface area contributed by atoms with Crippen LogP contribution < -0.4 is 18.6 Å². The van der Waals surface area contributed by atoms with Gasteiger partial charge in [0.2, 0.25) is 0 Å². The Morgan fingerprint density at radius 2 is 1.52 bits per heavy atom. The number of likely N-dealkylation sites (N-methyl/N-ethyl adjacent to an activating group) is 1. The second-order valence-electron chi connectivity index (χ2n) is 6.36. The minimum Gasteiger partial charge on any atom is -0.308 e. The molecule has 6 heteroatoms. The van der Waals surface area contributed by atoms with Crippen LogP contribution in [0.2, 0.25) is 0 Å². The molecule has 0 amide bonds. The van der Waals surface area contributed by atoms with E-state index in [4.69, 9.17) is 18.6 Å². The lowest BCUT2D eigenvalue weighted by Gasteiger charge is -2.26. The minimum atomic E-state index is -4.94. The Morgan fingerprint density at radius 3 is 2.05 bits per heavy atom. The van der Waals surface area contributed by atoms with E-state index in [2.05, 4.69) is 37.4 Å². The molecule has 0 N–H and O–H groups in total. The fraction of sp³-hybridized carbons (Fsp3) is 0.600. The van der Waals surface area contributed by atoms with Crippen LogP contribution in [-0.4, -0.2) is 23.6 Å². The first-order valence-corrected chi connectivity index (χ1v) is 8.48. The Bertz CT molecular complexity index is 450. The number of halogens is 1. The predicted molar refractivity (Wildman–Crippen MR) is 67.0 cm³/mol. The molecule has 1 aromatic carbocycles. The Morgan fingerprint density at radius 1 is 1.00 bits per heavy atom. The van der Waals surface area contributed by atoms with Gasteiger partial charge in [-0.1, -0.05) is 36.8 Å². The van der Waals surface area contributed by atoms with Crippen LogP contribution in [0.4, 0.5) is 0 Å². The number of hydrogen-bond donors (Lipinski definition) is 0. The molecule has 0 radical (unpaired) electrons. The maximum absolute atomic E-state index is 8.49. The lowest BCUT2D eigenvalue weighted by Crippen LogP contribution is -2.68. The Balaban J connectivity index is 0.000000282. The van der Waals surface area contributed by atoms with E-state index in [-0.39, 0.29) is 0 Å². The molecule has 2 aliphatic rings. The summed E-state index contributed by atoms with van der Waals surface area (Å²) in [5.41, 5.74) is 2.18. The normalized spacial score (nSPS) is 26.9. The van der Waals surface area contributed by atoms with Crippen molar-refractivity contribution in [3.8, 4) is 0 Å². The lowest BCUT2D eigenvalue weighted by atomic mass is 9.88. The van der Waals surface area contributed by atoms with Crippen LogP contribution in [-0.2, 0) is 6.54 Å². The van der Waals surface area contributed by atoms with Crippen LogP contribution >= 0.6 is 0 Å². The minimum absolute atomic E-state index is 0.675. The number of nitrogens with zero attached hydrogens (tertiary/aromatic N) is 1. The van der Waals surface area contributed by atoms with Gasteiger partial charge in [-0.2, -0.15) is 0 Å². The van der Waals surface area contributed by atoms with Crippen molar-refractivity contribution in [3.63, 3.8) is 0 Å². The molecule has 1 spiro atoms. The molecule has 0 aromatic heterocycles. The molecule has 0 bridgehead atoms. The number of benzene rings is 1. The van der Waals surface area contributed by atoms with E-state index < -0.39 is 10.2 Å². The number of quaternary nitrogens is 1. The average molecular weight is 316 g/mol. The van der Waals surface area contributed by atoms with Crippen LogP contribution in [0.25, 0.3) is 0 Å². The third-order valence-electron chi connectivity index (χ3n) is 4.84. The highest BCUT2D eigenvalue weighted by Crippen LogP contribution is 2.51. The van der Waals surface area contributed by atoms with Gasteiger partial charge in [-0.25, -0.2) is 18.6 Å². The van der Waals surface area contributed by atoms with Crippen molar-refractivity contribution in [2.75, 3.05) is 13.6 Å². The van der Waals surface area contributed by atoms with Gasteiger partial charge in [0, 0.05) is 18.4 Å². The first-order chi connectivity index (χ1) is 9.74. The Labute approximate surface area is 127 Å². The summed E-state index contributed by atoms with van der Waals surface area (Å²) in [6.07, 6.45) is 7.32. The maximum atomic E-state index is 8.49. The molecular weight excluding hydrogens is 294 g/mol. The first kappa shape index (κ1) is 16.7. The van der Waals surface area contributed by atoms with E-state index in [1.54, 1.807) is 0 Å². The van der Waals surface area contributed by atoms with Gasteiger partial charge in [-0.05, 0) is 12.8 Å². The largest absolute Gasteiger partial charge is 0.308 e. The summed E-state index contributed by atoms with van der Waals surface area (Å²) in [5.74, 6) is 0. The molecule has 5 nitrogen and oxygen atoms in total. The summed E-state index contributed by atoms with van der Waals surface area (Å²) in [7, 11) is -2.49. The molecule has 1 saturated carbocycles. The maximum Gasteiger partial charge on any atom is 0.149 e. The highest BCUT2D eigenvalue weighted by molar-refractivity contribution is 5.14. The highest BCUT2D eigenvalue weighted by Gasteiger charge is 2.65. The van der Waals surface area contributed by atoms with Crippen molar-refractivity contribution in [2.45, 2.75) is 44.2 Å². The van der Waals surface area contributed by atoms with Crippen LogP contribution in [0, 0.1) is 10.2 Å². The van der Waals surface area contributed by atoms with Gasteiger partial charge in [-0.3, -0.25) is 0 Å². The second-order valence-corrected chi connectivity index (χ2v) is 7.12. The Kier molecular flexibility index (Phi) is 4.92. The fourth-order valence-electron chi connectivity index (χ4n) is 3.73. The van der Waals surface area contributed by atoms with E-state index in [0.29, 0.717) is 5.54 Å². The fourth-order valence-corrected chi connectivity index (χ4v) is 3.73. The van der Waals surface area contributed by atoms with E-state index >= 15 is 0 Å². The van der Waals surface area contributed by atoms with Crippen molar-refractivity contribution in [1.82, 2.24) is 0 Å². The quantitative estimate of drug-likeness (QED) is 0.495. The predicted octanol–water partition coefficient (Wildman–Crippen LogP) is -1.41. The van der Waals surface area contributed by atoms with Crippen molar-refractivity contribution < 1.29 is 33.4 Å². The zero-order chi connectivity index (χ0) is 15.6. The third kappa shape index (κ3) is 4.64. The second kappa shape index (κ2) is 6.20. The Hall–Kier alpha value is -0.690. The van der Waals surface area contributed by atoms with Gasteiger partial charge in [0.1, 0.15) is 18.6 Å². The van der Waals surface area contributed by atoms with Gasteiger partial charge in [0.05, 0.1) is 7.05 Å². The van der Waals surface area contributed by atoms with Crippen LogP contribution in [0.5, 0.6) is 0 Å². The monoisotopic (exact) mass is 315 g/mol. The van der Waals surface area contributed by atoms with E-state index in [1.165, 1.54) is 55.2 Å². The van der Waals surface area contributed by atoms with Crippen molar-refractivity contribution in [2.24, 2.45) is 0 Å². The van der Waals surface area contributed by atoms with E-state index in [9.17, 15) is 0 Å². The van der Waals surface area contributed by atoms with Gasteiger partial charge >= 0.3 is 0 Å². The van der Waals surface area contributed by atoms with E-state index in [0.717, 1.165) is 0 Å². The average Bonchev–Trinajstić information content (AvgIpc) is 2.92. The van der Waals surface area contributed by atoms with Gasteiger partial charge in [0.25, 0.3) is 0 Å². The summed E-state index contributed by atoms with van der Waals surface area (Å²) in [6, 6.07) is 11.0. The standard InChI is InChI=1S/C15H22N.ClHO4/c1-16(12-14-8-4-2-5-9-14)13-15(16)10-6-3-7-11-15;2-1(3,4)5/h2,4-5,8-9H,3,6-7,10-13H2,1H3;(H,2,3,4,5)/q+1;/p-1. The molecule has 1 saturated heterocycles. The SMILES string of the molecule is C[N+]1(Cc2ccccc2)CC12CCCCC2.[O-][Cl+3]([O-])([O-])[O-]. The third-order valence-corrected chi connectivity index (χ3v) is 4.84. The summed E-state index contributed by atoms with van der Waals surface area (Å²) in [4.78, 5) is 0. The first-order valence-electron chi connectivity index (χ1n) is 7.25. The summed E-state index contributed by atoms with van der Waals surface area (Å²) in [5, 5.41) is 0. The molecule has 2 fully saturated rings. The zero-order valence-electron chi connectivity index (χ0n) is 12.3. The van der Waals surface area contributed by atoms with Crippen LogP contribution in [0.15, 0.2) is 30.3 Å². The van der Waals surface area contributed by atoms with Crippen LogP contribution in [0.1, 0.15) is 37.7 Å². The molecule has 1 aromatic rings. The molecule has 1 aliphatic heterocycles. The van der Waals surface area contributed by atoms with Gasteiger partial charge in [0.15, 0.2) is 0 Å². The van der Waals surface area contributed by atoms with Crippen molar-refractivity contribution in [3.05, 3.63) is 35.9 Å². The molecule has 1 aliphatic carbocycles. The molecule has 1 unspecified atom stereocenters. The summed E-state index contributed by atoms with van der Waals surface area (Å²) >= 11 is 0. The number of rotatable bonds is 2. The molecule has 118 valence electrons. The van der Waals surface area contributed by atoms with Gasteiger partial charge in [-0.15, -0.1) is 10.2 Å². The molecule has 1 heterocycles. The van der Waals surface area contributed by atoms with E-state index in [1.807, 2.05) is 0 Å². The molecular formula is C15H22ClNO4.